The third kappa shape index (κ3) is 2.96. The first kappa shape index (κ1) is 15.9. The van der Waals surface area contributed by atoms with Crippen molar-refractivity contribution in [3.05, 3.63) is 35.8 Å². The van der Waals surface area contributed by atoms with Crippen LogP contribution in [0.3, 0.4) is 0 Å². The Labute approximate surface area is 136 Å². The van der Waals surface area contributed by atoms with E-state index in [2.05, 4.69) is 15.0 Å². The Morgan fingerprint density at radius 3 is 2.39 bits per heavy atom. The molecular weight excluding hydrogens is 314 g/mol. The molecule has 0 bridgehead atoms. The van der Waals surface area contributed by atoms with Gasteiger partial charge in [0.1, 0.15) is 10.7 Å². The summed E-state index contributed by atoms with van der Waals surface area (Å²) in [5, 5.41) is 4.04. The van der Waals surface area contributed by atoms with E-state index in [9.17, 15) is 8.42 Å². The maximum Gasteiger partial charge on any atom is 0.246 e. The van der Waals surface area contributed by atoms with E-state index in [1.54, 1.807) is 24.9 Å². The van der Waals surface area contributed by atoms with Crippen molar-refractivity contribution < 1.29 is 8.42 Å². The molecule has 8 heteroatoms. The first-order chi connectivity index (χ1) is 10.9. The molecule has 23 heavy (non-hydrogen) atoms. The van der Waals surface area contributed by atoms with Gasteiger partial charge in [-0.25, -0.2) is 13.4 Å². The molecule has 0 atom stereocenters. The molecule has 1 fully saturated rings. The summed E-state index contributed by atoms with van der Waals surface area (Å²) in [6.07, 6.45) is 3.21. The minimum Gasteiger partial charge on any atom is -0.354 e. The van der Waals surface area contributed by atoms with Crippen LogP contribution in [0.25, 0.3) is 0 Å². The van der Waals surface area contributed by atoms with Gasteiger partial charge in [-0.3, -0.25) is 4.68 Å². The van der Waals surface area contributed by atoms with Gasteiger partial charge in [0, 0.05) is 39.4 Å². The second-order valence-electron chi connectivity index (χ2n) is 5.80. The molecule has 0 spiro atoms. The minimum atomic E-state index is -3.48. The van der Waals surface area contributed by atoms with Crippen molar-refractivity contribution in [3.63, 3.8) is 0 Å². The molecule has 1 saturated heterocycles. The predicted octanol–water partition coefficient (Wildman–Crippen LogP) is 0.943. The molecule has 0 saturated carbocycles. The summed E-state index contributed by atoms with van der Waals surface area (Å²) < 4.78 is 28.6. The van der Waals surface area contributed by atoms with Crippen LogP contribution < -0.4 is 4.90 Å². The van der Waals surface area contributed by atoms with E-state index in [0.717, 1.165) is 11.4 Å². The van der Waals surface area contributed by atoms with Crippen LogP contribution in [0.15, 0.2) is 29.4 Å². The molecule has 2 aromatic rings. The minimum absolute atomic E-state index is 0.294. The second kappa shape index (κ2) is 5.93. The summed E-state index contributed by atoms with van der Waals surface area (Å²) >= 11 is 0. The van der Waals surface area contributed by atoms with E-state index < -0.39 is 10.0 Å². The van der Waals surface area contributed by atoms with Crippen molar-refractivity contribution in [3.8, 4) is 0 Å². The van der Waals surface area contributed by atoms with Crippen molar-refractivity contribution in [2.45, 2.75) is 18.7 Å². The fourth-order valence-corrected chi connectivity index (χ4v) is 4.33. The molecule has 0 unspecified atom stereocenters. The molecule has 7 nitrogen and oxygen atoms in total. The van der Waals surface area contributed by atoms with Crippen molar-refractivity contribution in [1.29, 1.82) is 0 Å². The van der Waals surface area contributed by atoms with Gasteiger partial charge in [0.2, 0.25) is 10.0 Å². The first-order valence-electron chi connectivity index (χ1n) is 7.56. The summed E-state index contributed by atoms with van der Waals surface area (Å²) in [7, 11) is -1.74. The molecule has 3 heterocycles. The first-order valence-corrected chi connectivity index (χ1v) is 9.00. The zero-order valence-electron chi connectivity index (χ0n) is 13.6. The Morgan fingerprint density at radius 2 is 1.83 bits per heavy atom. The highest BCUT2D eigenvalue weighted by Crippen LogP contribution is 2.22. The summed E-state index contributed by atoms with van der Waals surface area (Å²) in [5.74, 6) is 0.902. The molecule has 124 valence electrons. The quantitative estimate of drug-likeness (QED) is 0.835. The Balaban J connectivity index is 1.75. The summed E-state index contributed by atoms with van der Waals surface area (Å²) in [4.78, 5) is 6.78. The molecule has 0 N–H and O–H groups in total. The van der Waals surface area contributed by atoms with Crippen LogP contribution in [-0.4, -0.2) is 53.7 Å². The van der Waals surface area contributed by atoms with Crippen LogP contribution >= 0.6 is 0 Å². The molecule has 2 aromatic heterocycles. The normalized spacial score (nSPS) is 16.7. The van der Waals surface area contributed by atoms with Crippen LogP contribution in [-0.2, 0) is 17.1 Å². The fourth-order valence-electron chi connectivity index (χ4n) is 2.72. The molecular formula is C15H21N5O2S. The fraction of sp³-hybridized carbons (Fsp3) is 0.467. The van der Waals surface area contributed by atoms with Gasteiger partial charge in [0.15, 0.2) is 0 Å². The van der Waals surface area contributed by atoms with Crippen LogP contribution in [0.1, 0.15) is 11.3 Å². The standard InChI is InChI=1S/C15H21N5O2S/c1-12-4-5-16-15(10-12)19-6-8-20(9-7-19)23(21,22)14-11-17-18(3)13(14)2/h4-5,10-11H,6-9H2,1-3H3. The van der Waals surface area contributed by atoms with E-state index in [0.29, 0.717) is 36.8 Å². The summed E-state index contributed by atoms with van der Waals surface area (Å²) in [6.45, 7) is 5.96. The van der Waals surface area contributed by atoms with E-state index in [4.69, 9.17) is 0 Å². The third-order valence-corrected chi connectivity index (χ3v) is 6.27. The Kier molecular flexibility index (Phi) is 4.11. The number of piperazine rings is 1. The van der Waals surface area contributed by atoms with Gasteiger partial charge in [-0.2, -0.15) is 9.40 Å². The molecule has 0 amide bonds. The lowest BCUT2D eigenvalue weighted by atomic mass is 10.2. The van der Waals surface area contributed by atoms with Crippen LogP contribution in [0, 0.1) is 13.8 Å². The summed E-state index contributed by atoms with van der Waals surface area (Å²) in [6, 6.07) is 3.98. The molecule has 0 aliphatic carbocycles. The van der Waals surface area contributed by atoms with E-state index in [1.165, 1.54) is 10.5 Å². The zero-order chi connectivity index (χ0) is 16.6. The predicted molar refractivity (Wildman–Crippen MR) is 87.9 cm³/mol. The topological polar surface area (TPSA) is 71.3 Å². The van der Waals surface area contributed by atoms with Gasteiger partial charge in [0.25, 0.3) is 0 Å². The number of hydrogen-bond donors (Lipinski definition) is 0. The lowest BCUT2D eigenvalue weighted by Crippen LogP contribution is -2.49. The van der Waals surface area contributed by atoms with Crippen molar-refractivity contribution in [2.75, 3.05) is 31.1 Å². The lowest BCUT2D eigenvalue weighted by Gasteiger charge is -2.34. The highest BCUT2D eigenvalue weighted by atomic mass is 32.2. The number of sulfonamides is 1. The second-order valence-corrected chi connectivity index (χ2v) is 7.71. The highest BCUT2D eigenvalue weighted by molar-refractivity contribution is 7.89. The maximum absolute atomic E-state index is 12.8. The van der Waals surface area contributed by atoms with Gasteiger partial charge in [-0.05, 0) is 31.5 Å². The number of anilines is 1. The molecule has 1 aliphatic heterocycles. The average Bonchev–Trinajstić information content (AvgIpc) is 2.88. The van der Waals surface area contributed by atoms with E-state index in [-0.39, 0.29) is 0 Å². The van der Waals surface area contributed by atoms with Gasteiger partial charge in [-0.15, -0.1) is 0 Å². The number of pyridine rings is 1. The zero-order valence-corrected chi connectivity index (χ0v) is 14.4. The smallest absolute Gasteiger partial charge is 0.246 e. The van der Waals surface area contributed by atoms with Gasteiger partial charge >= 0.3 is 0 Å². The molecule has 0 radical (unpaired) electrons. The van der Waals surface area contributed by atoms with Crippen molar-refractivity contribution >= 4 is 15.8 Å². The molecule has 3 rings (SSSR count). The monoisotopic (exact) mass is 335 g/mol. The number of nitrogens with zero attached hydrogens (tertiary/aromatic N) is 5. The van der Waals surface area contributed by atoms with Crippen LogP contribution in [0.4, 0.5) is 5.82 Å². The maximum atomic E-state index is 12.8. The van der Waals surface area contributed by atoms with E-state index in [1.807, 2.05) is 19.1 Å². The highest BCUT2D eigenvalue weighted by Gasteiger charge is 2.31. The molecule has 1 aliphatic rings. The Bertz CT molecular complexity index is 807. The largest absolute Gasteiger partial charge is 0.354 e. The number of rotatable bonds is 3. The molecule has 0 aromatic carbocycles. The van der Waals surface area contributed by atoms with Crippen LogP contribution in [0.2, 0.25) is 0 Å². The van der Waals surface area contributed by atoms with Gasteiger partial charge in [0.05, 0.1) is 11.9 Å². The Hall–Kier alpha value is -1.93. The third-order valence-electron chi connectivity index (χ3n) is 4.27. The number of aryl methyl sites for hydroxylation is 2. The number of hydrogen-bond acceptors (Lipinski definition) is 5. The SMILES string of the molecule is Cc1ccnc(N2CCN(S(=O)(=O)c3cnn(C)c3C)CC2)c1. The lowest BCUT2D eigenvalue weighted by molar-refractivity contribution is 0.383. The Morgan fingerprint density at radius 1 is 1.13 bits per heavy atom. The van der Waals surface area contributed by atoms with Gasteiger partial charge < -0.3 is 4.90 Å². The van der Waals surface area contributed by atoms with E-state index >= 15 is 0 Å². The van der Waals surface area contributed by atoms with Crippen LogP contribution in [0.5, 0.6) is 0 Å². The van der Waals surface area contributed by atoms with Crippen molar-refractivity contribution in [1.82, 2.24) is 19.1 Å². The van der Waals surface area contributed by atoms with Gasteiger partial charge in [-0.1, -0.05) is 0 Å². The number of aromatic nitrogens is 3. The summed E-state index contributed by atoms with van der Waals surface area (Å²) in [5.41, 5.74) is 1.81. The average molecular weight is 335 g/mol. The van der Waals surface area contributed by atoms with Crippen molar-refractivity contribution in [2.24, 2.45) is 7.05 Å².